The number of carbonyl (C=O) groups excluding carboxylic acids is 1. The first-order chi connectivity index (χ1) is 8.99. The highest BCUT2D eigenvalue weighted by molar-refractivity contribution is 6.44. The molecule has 1 fully saturated rings. The first-order valence-corrected chi connectivity index (χ1v) is 6.69. The lowest BCUT2D eigenvalue weighted by Crippen LogP contribution is -2.32. The number of nitro benzene ring substituents is 1. The number of nitrogens with zero attached hydrogens (tertiary/aromatic N) is 1. The molecule has 0 aliphatic heterocycles. The van der Waals surface area contributed by atoms with E-state index in [-0.39, 0.29) is 27.3 Å². The van der Waals surface area contributed by atoms with Crippen molar-refractivity contribution in [1.29, 1.82) is 0 Å². The SMILES string of the molecule is O=C(NC1CCCC1)c1cc([N+](=O)[O-])cc(Cl)c1Cl. The number of halogens is 2. The molecule has 1 aromatic rings. The molecule has 0 aromatic heterocycles. The van der Waals surface area contributed by atoms with Crippen LogP contribution in [0.2, 0.25) is 10.0 Å². The summed E-state index contributed by atoms with van der Waals surface area (Å²) in [5.74, 6) is -0.414. The largest absolute Gasteiger partial charge is 0.349 e. The first-order valence-electron chi connectivity index (χ1n) is 5.93. The molecule has 0 atom stereocenters. The van der Waals surface area contributed by atoms with E-state index in [1.165, 1.54) is 0 Å². The van der Waals surface area contributed by atoms with Crippen LogP contribution in [-0.2, 0) is 0 Å². The minimum atomic E-state index is -0.603. The summed E-state index contributed by atoms with van der Waals surface area (Å²) >= 11 is 11.7. The maximum Gasteiger partial charge on any atom is 0.271 e. The monoisotopic (exact) mass is 302 g/mol. The van der Waals surface area contributed by atoms with E-state index in [0.29, 0.717) is 0 Å². The van der Waals surface area contributed by atoms with Gasteiger partial charge in [0.15, 0.2) is 0 Å². The van der Waals surface area contributed by atoms with E-state index in [4.69, 9.17) is 23.2 Å². The summed E-state index contributed by atoms with van der Waals surface area (Å²) in [6.45, 7) is 0. The van der Waals surface area contributed by atoms with Crippen LogP contribution in [0.25, 0.3) is 0 Å². The van der Waals surface area contributed by atoms with Gasteiger partial charge in [0.2, 0.25) is 0 Å². The normalized spacial score (nSPS) is 15.5. The molecule has 2 rings (SSSR count). The van der Waals surface area contributed by atoms with Gasteiger partial charge in [-0.25, -0.2) is 0 Å². The van der Waals surface area contributed by atoms with Gasteiger partial charge in [-0.2, -0.15) is 0 Å². The van der Waals surface area contributed by atoms with Gasteiger partial charge in [0.1, 0.15) is 0 Å². The quantitative estimate of drug-likeness (QED) is 0.685. The van der Waals surface area contributed by atoms with Crippen LogP contribution >= 0.6 is 23.2 Å². The van der Waals surface area contributed by atoms with Crippen LogP contribution in [0.4, 0.5) is 5.69 Å². The van der Waals surface area contributed by atoms with Gasteiger partial charge in [-0.1, -0.05) is 36.0 Å². The number of benzene rings is 1. The van der Waals surface area contributed by atoms with Crippen LogP contribution in [-0.4, -0.2) is 16.9 Å². The van der Waals surface area contributed by atoms with Gasteiger partial charge in [0.25, 0.3) is 11.6 Å². The zero-order valence-electron chi connectivity index (χ0n) is 9.99. The molecule has 1 aliphatic rings. The molecule has 0 saturated heterocycles. The van der Waals surface area contributed by atoms with Crippen LogP contribution in [0.1, 0.15) is 36.0 Å². The van der Waals surface area contributed by atoms with Crippen LogP contribution in [0.3, 0.4) is 0 Å². The van der Waals surface area contributed by atoms with E-state index in [9.17, 15) is 14.9 Å². The predicted octanol–water partition coefficient (Wildman–Crippen LogP) is 3.57. The van der Waals surface area contributed by atoms with E-state index in [0.717, 1.165) is 37.8 Å². The lowest BCUT2D eigenvalue weighted by Gasteiger charge is -2.13. The number of hydrogen-bond donors (Lipinski definition) is 1. The van der Waals surface area contributed by atoms with Crippen molar-refractivity contribution in [3.05, 3.63) is 37.9 Å². The Morgan fingerprint density at radius 1 is 1.32 bits per heavy atom. The number of non-ortho nitro benzene ring substituents is 1. The molecule has 0 bridgehead atoms. The Labute approximate surface area is 120 Å². The van der Waals surface area contributed by atoms with Gasteiger partial charge in [-0.15, -0.1) is 0 Å². The van der Waals surface area contributed by atoms with E-state index < -0.39 is 10.8 Å². The minimum Gasteiger partial charge on any atom is -0.349 e. The molecular formula is C12H12Cl2N2O3. The third kappa shape index (κ3) is 3.16. The highest BCUT2D eigenvalue weighted by Crippen LogP contribution is 2.31. The minimum absolute atomic E-state index is 0.00689. The third-order valence-electron chi connectivity index (χ3n) is 3.16. The molecule has 102 valence electrons. The van der Waals surface area contributed by atoms with Gasteiger partial charge in [0.05, 0.1) is 20.5 Å². The molecule has 5 nitrogen and oxygen atoms in total. The predicted molar refractivity (Wildman–Crippen MR) is 72.8 cm³/mol. The number of amides is 1. The first kappa shape index (κ1) is 14.1. The molecule has 0 unspecified atom stereocenters. The van der Waals surface area contributed by atoms with Crippen LogP contribution in [0.5, 0.6) is 0 Å². The summed E-state index contributed by atoms with van der Waals surface area (Å²) in [5.41, 5.74) is -0.196. The van der Waals surface area contributed by atoms with Crippen molar-refractivity contribution in [2.45, 2.75) is 31.7 Å². The standard InChI is InChI=1S/C12H12Cl2N2O3/c13-10-6-8(16(18)19)5-9(11(10)14)12(17)15-7-3-1-2-4-7/h5-7H,1-4H2,(H,15,17). The van der Waals surface area contributed by atoms with Gasteiger partial charge in [-0.05, 0) is 12.8 Å². The summed E-state index contributed by atoms with van der Waals surface area (Å²) < 4.78 is 0. The summed E-state index contributed by atoms with van der Waals surface area (Å²) in [6.07, 6.45) is 4.00. The average Bonchev–Trinajstić information content (AvgIpc) is 2.84. The average molecular weight is 303 g/mol. The number of carbonyl (C=O) groups is 1. The smallest absolute Gasteiger partial charge is 0.271 e. The Balaban J connectivity index is 2.26. The fourth-order valence-electron chi connectivity index (χ4n) is 2.18. The second kappa shape index (κ2) is 5.75. The maximum atomic E-state index is 12.1. The zero-order chi connectivity index (χ0) is 14.0. The molecule has 1 aliphatic carbocycles. The van der Waals surface area contributed by atoms with E-state index in [2.05, 4.69) is 5.32 Å². The number of nitrogens with one attached hydrogen (secondary N) is 1. The summed E-state index contributed by atoms with van der Waals surface area (Å²) in [5, 5.41) is 13.6. The van der Waals surface area contributed by atoms with Crippen molar-refractivity contribution >= 4 is 34.8 Å². The fraction of sp³-hybridized carbons (Fsp3) is 0.417. The van der Waals surface area contributed by atoms with Crippen molar-refractivity contribution in [2.24, 2.45) is 0 Å². The number of hydrogen-bond acceptors (Lipinski definition) is 3. The number of nitro groups is 1. The van der Waals surface area contributed by atoms with Gasteiger partial charge >= 0.3 is 0 Å². The zero-order valence-corrected chi connectivity index (χ0v) is 11.5. The summed E-state index contributed by atoms with van der Waals surface area (Å²) in [4.78, 5) is 22.2. The van der Waals surface area contributed by atoms with Gasteiger partial charge < -0.3 is 5.32 Å². The van der Waals surface area contributed by atoms with Crippen LogP contribution in [0, 0.1) is 10.1 Å². The summed E-state index contributed by atoms with van der Waals surface area (Å²) in [7, 11) is 0. The molecule has 0 heterocycles. The second-order valence-electron chi connectivity index (χ2n) is 4.50. The molecule has 1 amide bonds. The Morgan fingerprint density at radius 3 is 2.53 bits per heavy atom. The summed E-state index contributed by atoms with van der Waals surface area (Å²) in [6, 6.07) is 2.40. The molecule has 0 spiro atoms. The van der Waals surface area contributed by atoms with Crippen molar-refractivity contribution in [3.8, 4) is 0 Å². The van der Waals surface area contributed by atoms with E-state index in [1.54, 1.807) is 0 Å². The third-order valence-corrected chi connectivity index (χ3v) is 3.96. The fourth-order valence-corrected chi connectivity index (χ4v) is 2.59. The van der Waals surface area contributed by atoms with Crippen molar-refractivity contribution < 1.29 is 9.72 Å². The Kier molecular flexibility index (Phi) is 4.27. The van der Waals surface area contributed by atoms with Crippen LogP contribution < -0.4 is 5.32 Å². The van der Waals surface area contributed by atoms with Crippen molar-refractivity contribution in [3.63, 3.8) is 0 Å². The molecule has 1 saturated carbocycles. The molecule has 0 radical (unpaired) electrons. The maximum absolute atomic E-state index is 12.1. The molecular weight excluding hydrogens is 291 g/mol. The molecule has 1 N–H and O–H groups in total. The Morgan fingerprint density at radius 2 is 1.95 bits per heavy atom. The molecule has 1 aromatic carbocycles. The highest BCUT2D eigenvalue weighted by atomic mass is 35.5. The molecule has 19 heavy (non-hydrogen) atoms. The highest BCUT2D eigenvalue weighted by Gasteiger charge is 2.23. The number of rotatable bonds is 3. The van der Waals surface area contributed by atoms with E-state index >= 15 is 0 Å². The topological polar surface area (TPSA) is 72.2 Å². The van der Waals surface area contributed by atoms with Crippen LogP contribution in [0.15, 0.2) is 12.1 Å². The Bertz CT molecular complexity index is 528. The van der Waals surface area contributed by atoms with Crippen molar-refractivity contribution in [1.82, 2.24) is 5.32 Å². The Hall–Kier alpha value is -1.33. The van der Waals surface area contributed by atoms with Crippen molar-refractivity contribution in [2.75, 3.05) is 0 Å². The second-order valence-corrected chi connectivity index (χ2v) is 5.29. The van der Waals surface area contributed by atoms with Gasteiger partial charge in [-0.3, -0.25) is 14.9 Å². The lowest BCUT2D eigenvalue weighted by atomic mass is 10.1. The lowest BCUT2D eigenvalue weighted by molar-refractivity contribution is -0.384. The van der Waals surface area contributed by atoms with Gasteiger partial charge in [0, 0.05) is 18.2 Å². The molecule has 7 heteroatoms. The van der Waals surface area contributed by atoms with E-state index in [1.807, 2.05) is 0 Å².